The van der Waals surface area contributed by atoms with Crippen LogP contribution in [0.5, 0.6) is 0 Å². The zero-order valence-electron chi connectivity index (χ0n) is 11.5. The van der Waals surface area contributed by atoms with Gasteiger partial charge in [-0.05, 0) is 26.9 Å². The number of hydrogen-bond acceptors (Lipinski definition) is 5. The Bertz CT molecular complexity index is 558. The molecule has 2 aromatic heterocycles. The van der Waals surface area contributed by atoms with Crippen molar-refractivity contribution in [2.45, 2.75) is 25.4 Å². The number of fused-ring (bicyclic) bond motifs is 1. The van der Waals surface area contributed by atoms with E-state index in [1.807, 2.05) is 0 Å². The van der Waals surface area contributed by atoms with Gasteiger partial charge in [0, 0.05) is 37.3 Å². The summed E-state index contributed by atoms with van der Waals surface area (Å²) in [6, 6.07) is 0.560. The molecular weight excluding hydrogens is 258 g/mol. The minimum atomic E-state index is 0.540. The second-order valence-electron chi connectivity index (χ2n) is 5.39. The predicted molar refractivity (Wildman–Crippen MR) is 79.9 cm³/mol. The Morgan fingerprint density at radius 2 is 2.37 bits per heavy atom. The van der Waals surface area contributed by atoms with E-state index in [1.165, 1.54) is 12.8 Å². The summed E-state index contributed by atoms with van der Waals surface area (Å²) in [6.07, 6.45) is 4.55. The Morgan fingerprint density at radius 3 is 3.11 bits per heavy atom. The van der Waals surface area contributed by atoms with Crippen molar-refractivity contribution >= 4 is 22.1 Å². The molecule has 19 heavy (non-hydrogen) atoms. The van der Waals surface area contributed by atoms with Crippen molar-refractivity contribution in [3.8, 4) is 0 Å². The van der Waals surface area contributed by atoms with E-state index in [-0.39, 0.29) is 0 Å². The van der Waals surface area contributed by atoms with Crippen LogP contribution in [0.3, 0.4) is 0 Å². The van der Waals surface area contributed by atoms with E-state index in [1.54, 1.807) is 11.3 Å². The first-order valence-electron chi connectivity index (χ1n) is 6.76. The van der Waals surface area contributed by atoms with Gasteiger partial charge in [0.05, 0.1) is 5.69 Å². The molecule has 2 N–H and O–H groups in total. The number of hydrogen-bond donors (Lipinski definition) is 1. The molecule has 1 saturated heterocycles. The van der Waals surface area contributed by atoms with Crippen LogP contribution in [0.1, 0.15) is 18.5 Å². The summed E-state index contributed by atoms with van der Waals surface area (Å²) in [4.78, 5) is 10.5. The molecule has 1 aliphatic rings. The summed E-state index contributed by atoms with van der Waals surface area (Å²) < 4.78 is 2.13. The van der Waals surface area contributed by atoms with E-state index in [4.69, 9.17) is 10.7 Å². The van der Waals surface area contributed by atoms with Gasteiger partial charge in [-0.3, -0.25) is 4.40 Å². The third-order valence-corrected chi connectivity index (χ3v) is 4.51. The first-order valence-corrected chi connectivity index (χ1v) is 7.64. The van der Waals surface area contributed by atoms with E-state index in [0.29, 0.717) is 12.6 Å². The Kier molecular flexibility index (Phi) is 3.47. The number of thiazole rings is 1. The standard InChI is InChI=1S/C13H21N5S/c1-16(2)9-10-4-3-5-17(10)12-11(8-14)18-6-7-19-13(18)15-12/h6-7,10H,3-5,8-9,14H2,1-2H3. The van der Waals surface area contributed by atoms with Gasteiger partial charge in [-0.2, -0.15) is 0 Å². The van der Waals surface area contributed by atoms with Crippen LogP contribution in [0.15, 0.2) is 11.6 Å². The topological polar surface area (TPSA) is 49.8 Å². The van der Waals surface area contributed by atoms with Crippen molar-refractivity contribution in [3.05, 3.63) is 17.3 Å². The van der Waals surface area contributed by atoms with E-state index in [9.17, 15) is 0 Å². The molecule has 1 unspecified atom stereocenters. The fraction of sp³-hybridized carbons (Fsp3) is 0.615. The molecule has 0 bridgehead atoms. The number of nitrogens with two attached hydrogens (primary N) is 1. The smallest absolute Gasteiger partial charge is 0.195 e. The largest absolute Gasteiger partial charge is 0.351 e. The minimum absolute atomic E-state index is 0.540. The number of rotatable bonds is 4. The van der Waals surface area contributed by atoms with Crippen LogP contribution in [0.2, 0.25) is 0 Å². The first-order chi connectivity index (χ1) is 9.20. The lowest BCUT2D eigenvalue weighted by Gasteiger charge is -2.28. The van der Waals surface area contributed by atoms with Gasteiger partial charge in [-0.15, -0.1) is 11.3 Å². The van der Waals surface area contributed by atoms with E-state index in [2.05, 4.69) is 39.9 Å². The van der Waals surface area contributed by atoms with Crippen molar-refractivity contribution in [2.75, 3.05) is 32.1 Å². The molecular formula is C13H21N5S. The Hall–Kier alpha value is -1.11. The molecule has 0 aromatic carbocycles. The Morgan fingerprint density at radius 1 is 1.53 bits per heavy atom. The maximum absolute atomic E-state index is 5.94. The van der Waals surface area contributed by atoms with E-state index >= 15 is 0 Å². The monoisotopic (exact) mass is 279 g/mol. The highest BCUT2D eigenvalue weighted by atomic mass is 32.1. The molecule has 2 aromatic rings. The van der Waals surface area contributed by atoms with Gasteiger partial charge in [0.15, 0.2) is 10.8 Å². The molecule has 1 fully saturated rings. The summed E-state index contributed by atoms with van der Waals surface area (Å²) in [6.45, 7) is 2.71. The average molecular weight is 279 g/mol. The fourth-order valence-electron chi connectivity index (χ4n) is 2.97. The van der Waals surface area contributed by atoms with Crippen LogP contribution in [-0.2, 0) is 6.54 Å². The fourth-order valence-corrected chi connectivity index (χ4v) is 3.69. The molecule has 3 rings (SSSR count). The van der Waals surface area contributed by atoms with Crippen LogP contribution in [0.4, 0.5) is 5.82 Å². The molecule has 0 saturated carbocycles. The predicted octanol–water partition coefficient (Wildman–Crippen LogP) is 1.38. The van der Waals surface area contributed by atoms with Crippen molar-refractivity contribution in [1.29, 1.82) is 0 Å². The lowest BCUT2D eigenvalue weighted by atomic mass is 10.2. The van der Waals surface area contributed by atoms with Gasteiger partial charge >= 0.3 is 0 Å². The second-order valence-corrected chi connectivity index (χ2v) is 6.27. The van der Waals surface area contributed by atoms with Gasteiger partial charge in [0.2, 0.25) is 0 Å². The van der Waals surface area contributed by atoms with Gasteiger partial charge < -0.3 is 15.5 Å². The van der Waals surface area contributed by atoms with E-state index in [0.717, 1.165) is 29.6 Å². The lowest BCUT2D eigenvalue weighted by molar-refractivity contribution is 0.371. The molecule has 6 heteroatoms. The molecule has 0 aliphatic carbocycles. The average Bonchev–Trinajstić information content (AvgIpc) is 3.01. The van der Waals surface area contributed by atoms with Crippen LogP contribution in [-0.4, -0.2) is 47.5 Å². The van der Waals surface area contributed by atoms with Crippen LogP contribution in [0, 0.1) is 0 Å². The lowest BCUT2D eigenvalue weighted by Crippen LogP contribution is -2.38. The molecule has 104 valence electrons. The third-order valence-electron chi connectivity index (χ3n) is 3.76. The molecule has 3 heterocycles. The van der Waals surface area contributed by atoms with E-state index < -0.39 is 0 Å². The molecule has 0 radical (unpaired) electrons. The SMILES string of the molecule is CN(C)CC1CCCN1c1nc2sccn2c1CN. The van der Waals surface area contributed by atoms with Crippen molar-refractivity contribution in [2.24, 2.45) is 5.73 Å². The van der Waals surface area contributed by atoms with Crippen molar-refractivity contribution in [1.82, 2.24) is 14.3 Å². The molecule has 0 spiro atoms. The zero-order chi connectivity index (χ0) is 13.4. The van der Waals surface area contributed by atoms with Gasteiger partial charge in [-0.25, -0.2) is 4.98 Å². The maximum atomic E-state index is 5.94. The summed E-state index contributed by atoms with van der Waals surface area (Å²) in [5.74, 6) is 1.10. The number of imidazole rings is 1. The van der Waals surface area contributed by atoms with Crippen LogP contribution < -0.4 is 10.6 Å². The van der Waals surface area contributed by atoms with Crippen molar-refractivity contribution in [3.63, 3.8) is 0 Å². The van der Waals surface area contributed by atoms with Gasteiger partial charge in [0.1, 0.15) is 0 Å². The molecule has 5 nitrogen and oxygen atoms in total. The highest BCUT2D eigenvalue weighted by Crippen LogP contribution is 2.30. The van der Waals surface area contributed by atoms with Gasteiger partial charge in [0.25, 0.3) is 0 Å². The molecule has 1 aliphatic heterocycles. The quantitative estimate of drug-likeness (QED) is 0.919. The highest BCUT2D eigenvalue weighted by molar-refractivity contribution is 7.15. The summed E-state index contributed by atoms with van der Waals surface area (Å²) >= 11 is 1.67. The summed E-state index contributed by atoms with van der Waals surface area (Å²) in [5.41, 5.74) is 7.08. The van der Waals surface area contributed by atoms with Crippen LogP contribution in [0.25, 0.3) is 4.96 Å². The third kappa shape index (κ3) is 2.24. The normalized spacial score (nSPS) is 20.0. The van der Waals surface area contributed by atoms with Crippen molar-refractivity contribution < 1.29 is 0 Å². The second kappa shape index (κ2) is 5.11. The first kappa shape index (κ1) is 12.9. The molecule has 0 amide bonds. The number of anilines is 1. The Balaban J connectivity index is 1.96. The molecule has 1 atom stereocenters. The maximum Gasteiger partial charge on any atom is 0.195 e. The number of aromatic nitrogens is 2. The summed E-state index contributed by atoms with van der Waals surface area (Å²) in [7, 11) is 4.26. The van der Waals surface area contributed by atoms with Crippen LogP contribution >= 0.6 is 11.3 Å². The number of likely N-dealkylation sites (N-methyl/N-ethyl adjacent to an activating group) is 1. The Labute approximate surface area is 117 Å². The number of nitrogens with zero attached hydrogens (tertiary/aromatic N) is 4. The summed E-state index contributed by atoms with van der Waals surface area (Å²) in [5, 5.41) is 2.06. The minimum Gasteiger partial charge on any atom is -0.351 e. The zero-order valence-corrected chi connectivity index (χ0v) is 12.4. The van der Waals surface area contributed by atoms with Gasteiger partial charge in [-0.1, -0.05) is 0 Å². The highest BCUT2D eigenvalue weighted by Gasteiger charge is 2.29.